The molecule has 0 radical (unpaired) electrons. The Bertz CT molecular complexity index is 856. The third kappa shape index (κ3) is 4.08. The highest BCUT2D eigenvalue weighted by atomic mass is 127. The number of fused-ring (bicyclic) bond motifs is 1. The van der Waals surface area contributed by atoms with Gasteiger partial charge in [0.2, 0.25) is 0 Å². The second-order valence-electron chi connectivity index (χ2n) is 4.70. The zero-order chi connectivity index (χ0) is 16.1. The van der Waals surface area contributed by atoms with Gasteiger partial charge in [-0.3, -0.25) is 0 Å². The summed E-state index contributed by atoms with van der Waals surface area (Å²) >= 11 is 3.52. The summed E-state index contributed by atoms with van der Waals surface area (Å²) in [6, 6.07) is 9.86. The van der Waals surface area contributed by atoms with E-state index in [1.54, 1.807) is 11.3 Å². The molecule has 1 aromatic carbocycles. The smallest absolute Gasteiger partial charge is 0.192 e. The van der Waals surface area contributed by atoms with Gasteiger partial charge in [0.25, 0.3) is 0 Å². The van der Waals surface area contributed by atoms with Crippen molar-refractivity contribution in [3.63, 3.8) is 0 Å². The Hall–Kier alpha value is -1.93. The maximum Gasteiger partial charge on any atom is 0.192 e. The lowest BCUT2D eigenvalue weighted by molar-refractivity contribution is 0.719. The van der Waals surface area contributed by atoms with Gasteiger partial charge in [-0.05, 0) is 35.9 Å². The molecular weight excluding hydrogens is 421 g/mol. The molecule has 0 spiro atoms. The minimum Gasteiger partial charge on any atom is -0.428 e. The van der Waals surface area contributed by atoms with Crippen LogP contribution in [0.4, 0.5) is 5.82 Å². The van der Waals surface area contributed by atoms with Crippen molar-refractivity contribution in [1.82, 2.24) is 9.97 Å². The Morgan fingerprint density at radius 1 is 1.17 bits per heavy atom. The third-order valence-electron chi connectivity index (χ3n) is 3.15. The first kappa shape index (κ1) is 15.9. The highest BCUT2D eigenvalue weighted by molar-refractivity contribution is 14.1. The fourth-order valence-electron chi connectivity index (χ4n) is 2.00. The van der Waals surface area contributed by atoms with Crippen LogP contribution in [0.2, 0.25) is 0 Å². The first-order chi connectivity index (χ1) is 11.3. The molecule has 0 fully saturated rings. The van der Waals surface area contributed by atoms with E-state index in [0.29, 0.717) is 0 Å². The number of rotatable bonds is 5. The summed E-state index contributed by atoms with van der Waals surface area (Å²) in [6.45, 7) is 0. The van der Waals surface area contributed by atoms with Crippen LogP contribution >= 0.6 is 34.3 Å². The first-order valence-corrected chi connectivity index (χ1v) is 8.66. The lowest BCUT2D eigenvalue weighted by atomic mass is 10.2. The van der Waals surface area contributed by atoms with Crippen molar-refractivity contribution in [3.05, 3.63) is 59.3 Å². The maximum absolute atomic E-state index is 5.20. The SMILES string of the molecule is CNc1ccc(/C=C/C=C/c2nc3ccc(OI)cc3s2)cn1. The molecule has 116 valence electrons. The molecule has 1 N–H and O–H groups in total. The number of aromatic nitrogens is 2. The molecule has 3 rings (SSSR count). The van der Waals surface area contributed by atoms with Gasteiger partial charge in [0, 0.05) is 19.3 Å². The van der Waals surface area contributed by atoms with Gasteiger partial charge in [0.05, 0.1) is 10.2 Å². The zero-order valence-electron chi connectivity index (χ0n) is 12.4. The number of halogens is 1. The van der Waals surface area contributed by atoms with Gasteiger partial charge < -0.3 is 8.38 Å². The number of pyridine rings is 1. The predicted octanol–water partition coefficient (Wildman–Crippen LogP) is 5.19. The summed E-state index contributed by atoms with van der Waals surface area (Å²) in [6.07, 6.45) is 9.82. The second kappa shape index (κ2) is 7.56. The van der Waals surface area contributed by atoms with E-state index in [0.717, 1.165) is 32.4 Å². The first-order valence-electron chi connectivity index (χ1n) is 6.96. The number of allylic oxidation sites excluding steroid dienone is 2. The van der Waals surface area contributed by atoms with Crippen LogP contribution in [0.5, 0.6) is 5.75 Å². The highest BCUT2D eigenvalue weighted by Gasteiger charge is 2.02. The van der Waals surface area contributed by atoms with E-state index in [-0.39, 0.29) is 0 Å². The minimum absolute atomic E-state index is 0.842. The fraction of sp³-hybridized carbons (Fsp3) is 0.0588. The number of nitrogens with zero attached hydrogens (tertiary/aromatic N) is 2. The van der Waals surface area contributed by atoms with Gasteiger partial charge in [-0.2, -0.15) is 0 Å². The summed E-state index contributed by atoms with van der Waals surface area (Å²) in [5.74, 6) is 1.71. The Kier molecular flexibility index (Phi) is 5.24. The molecule has 6 heteroatoms. The Labute approximate surface area is 152 Å². The van der Waals surface area contributed by atoms with E-state index in [1.807, 2.05) is 90.9 Å². The maximum atomic E-state index is 5.20. The van der Waals surface area contributed by atoms with E-state index in [1.165, 1.54) is 0 Å². The number of nitrogens with one attached hydrogen (secondary N) is 1. The van der Waals surface area contributed by atoms with Gasteiger partial charge in [-0.15, -0.1) is 11.3 Å². The van der Waals surface area contributed by atoms with Crippen molar-refractivity contribution in [2.45, 2.75) is 0 Å². The van der Waals surface area contributed by atoms with Crippen LogP contribution in [0.25, 0.3) is 22.4 Å². The molecular formula is C17H14IN3OS. The van der Waals surface area contributed by atoms with Crippen LogP contribution in [-0.2, 0) is 0 Å². The van der Waals surface area contributed by atoms with E-state index in [9.17, 15) is 0 Å². The van der Waals surface area contributed by atoms with E-state index in [2.05, 4.69) is 15.3 Å². The van der Waals surface area contributed by atoms with E-state index in [4.69, 9.17) is 3.07 Å². The molecule has 0 atom stereocenters. The van der Waals surface area contributed by atoms with Crippen LogP contribution in [0.3, 0.4) is 0 Å². The zero-order valence-corrected chi connectivity index (χ0v) is 15.3. The van der Waals surface area contributed by atoms with Crippen LogP contribution in [-0.4, -0.2) is 17.0 Å². The Morgan fingerprint density at radius 3 is 2.78 bits per heavy atom. The Balaban J connectivity index is 1.70. The number of hydrogen-bond donors (Lipinski definition) is 1. The molecule has 0 amide bonds. The number of anilines is 1. The second-order valence-corrected chi connectivity index (χ2v) is 6.21. The molecule has 0 saturated carbocycles. The summed E-state index contributed by atoms with van der Waals surface area (Å²) in [4.78, 5) is 8.84. The minimum atomic E-state index is 0.842. The standard InChI is InChI=1S/C17H14IN3OS/c1-19-16-9-6-12(11-20-16)4-2-3-5-17-21-14-8-7-13(22-18)10-15(14)23-17/h2-11H,1H3,(H,19,20)/b4-2+,5-3+. The average molecular weight is 435 g/mol. The normalized spacial score (nSPS) is 11.6. The summed E-state index contributed by atoms with van der Waals surface area (Å²) < 4.78 is 6.32. The molecule has 23 heavy (non-hydrogen) atoms. The monoisotopic (exact) mass is 435 g/mol. The van der Waals surface area contributed by atoms with Crippen LogP contribution < -0.4 is 8.38 Å². The van der Waals surface area contributed by atoms with Gasteiger partial charge >= 0.3 is 0 Å². The van der Waals surface area contributed by atoms with Crippen molar-refractivity contribution >= 4 is 62.5 Å². The summed E-state index contributed by atoms with van der Waals surface area (Å²) in [5.41, 5.74) is 2.05. The summed E-state index contributed by atoms with van der Waals surface area (Å²) in [7, 11) is 1.85. The van der Waals surface area contributed by atoms with Gasteiger partial charge in [0.1, 0.15) is 16.6 Å². The van der Waals surface area contributed by atoms with Crippen molar-refractivity contribution in [2.75, 3.05) is 12.4 Å². The topological polar surface area (TPSA) is 47.0 Å². The molecule has 0 bridgehead atoms. The van der Waals surface area contributed by atoms with Crippen LogP contribution in [0.15, 0.2) is 48.7 Å². The van der Waals surface area contributed by atoms with E-state index < -0.39 is 0 Å². The number of hydrogen-bond acceptors (Lipinski definition) is 5. The van der Waals surface area contributed by atoms with Gasteiger partial charge in [-0.1, -0.05) is 18.2 Å². The molecule has 3 aromatic rings. The molecule has 0 aliphatic heterocycles. The Morgan fingerprint density at radius 2 is 2.04 bits per heavy atom. The highest BCUT2D eigenvalue weighted by Crippen LogP contribution is 2.27. The average Bonchev–Trinajstić information content (AvgIpc) is 3.01. The molecule has 0 aliphatic carbocycles. The van der Waals surface area contributed by atoms with E-state index >= 15 is 0 Å². The molecule has 2 heterocycles. The molecule has 2 aromatic heterocycles. The van der Waals surface area contributed by atoms with Gasteiger partial charge in [-0.25, -0.2) is 9.97 Å². The fourth-order valence-corrected chi connectivity index (χ4v) is 3.18. The van der Waals surface area contributed by atoms with Crippen molar-refractivity contribution < 1.29 is 3.07 Å². The van der Waals surface area contributed by atoms with Crippen molar-refractivity contribution in [2.24, 2.45) is 0 Å². The molecule has 4 nitrogen and oxygen atoms in total. The summed E-state index contributed by atoms with van der Waals surface area (Å²) in [5, 5.41) is 3.97. The quantitative estimate of drug-likeness (QED) is 0.443. The van der Waals surface area contributed by atoms with Crippen molar-refractivity contribution in [1.29, 1.82) is 0 Å². The predicted molar refractivity (Wildman–Crippen MR) is 106 cm³/mol. The number of benzene rings is 1. The van der Waals surface area contributed by atoms with Crippen molar-refractivity contribution in [3.8, 4) is 5.75 Å². The molecule has 0 aliphatic rings. The molecule has 0 unspecified atom stereocenters. The van der Waals surface area contributed by atoms with Gasteiger partial charge in [0.15, 0.2) is 23.0 Å². The lowest BCUT2D eigenvalue weighted by Crippen LogP contribution is -1.90. The van der Waals surface area contributed by atoms with Crippen LogP contribution in [0, 0.1) is 0 Å². The third-order valence-corrected chi connectivity index (χ3v) is 4.64. The van der Waals surface area contributed by atoms with Crippen LogP contribution in [0.1, 0.15) is 10.6 Å². The number of thiazole rings is 1. The largest absolute Gasteiger partial charge is 0.428 e. The lowest BCUT2D eigenvalue weighted by Gasteiger charge is -1.97. The molecule has 0 saturated heterocycles.